The van der Waals surface area contributed by atoms with Crippen molar-refractivity contribution in [3.05, 3.63) is 40.4 Å². The Hall–Kier alpha value is -2.78. The van der Waals surface area contributed by atoms with E-state index in [4.69, 9.17) is 25.8 Å². The lowest BCUT2D eigenvalue weighted by Gasteiger charge is -2.33. The molecule has 0 radical (unpaired) electrons. The molecule has 4 rings (SSSR count). The minimum Gasteiger partial charge on any atom is -0.493 e. The predicted molar refractivity (Wildman–Crippen MR) is 154 cm³/mol. The van der Waals surface area contributed by atoms with Crippen LogP contribution in [0.15, 0.2) is 30.5 Å². The van der Waals surface area contributed by atoms with Crippen molar-refractivity contribution in [3.63, 3.8) is 0 Å². The largest absolute Gasteiger partial charge is 0.493 e. The lowest BCUT2D eigenvalue weighted by Crippen LogP contribution is -2.42. The van der Waals surface area contributed by atoms with Gasteiger partial charge in [0.15, 0.2) is 0 Å². The molecule has 1 saturated heterocycles. The number of hydrogen-bond acceptors (Lipinski definition) is 7. The number of carbonyl (C=O) groups excluding carboxylic acids is 2. The van der Waals surface area contributed by atoms with Crippen LogP contribution in [0.3, 0.4) is 0 Å². The smallest absolute Gasteiger partial charge is 0.410 e. The zero-order valence-electron chi connectivity index (χ0n) is 23.1. The van der Waals surface area contributed by atoms with Crippen LogP contribution in [0.4, 0.5) is 4.79 Å². The zero-order valence-corrected chi connectivity index (χ0v) is 24.6. The van der Waals surface area contributed by atoms with Crippen LogP contribution >= 0.6 is 22.9 Å². The second kappa shape index (κ2) is 13.0. The quantitative estimate of drug-likeness (QED) is 0.330. The number of hydrogen-bond donors (Lipinski definition) is 1. The van der Waals surface area contributed by atoms with E-state index in [-0.39, 0.29) is 24.0 Å². The molecular weight excluding hydrogens is 538 g/mol. The van der Waals surface area contributed by atoms with E-state index < -0.39 is 5.60 Å². The first kappa shape index (κ1) is 29.2. The van der Waals surface area contributed by atoms with E-state index in [9.17, 15) is 9.59 Å². The average molecular weight is 576 g/mol. The maximum atomic E-state index is 12.6. The van der Waals surface area contributed by atoms with Crippen LogP contribution < -0.4 is 14.8 Å². The van der Waals surface area contributed by atoms with Gasteiger partial charge in [0.25, 0.3) is 5.19 Å². The maximum absolute atomic E-state index is 12.6. The predicted octanol–water partition coefficient (Wildman–Crippen LogP) is 6.93. The van der Waals surface area contributed by atoms with Crippen LogP contribution in [0.25, 0.3) is 6.08 Å². The molecule has 8 nitrogen and oxygen atoms in total. The normalized spacial score (nSPS) is 17.2. The van der Waals surface area contributed by atoms with Gasteiger partial charge < -0.3 is 24.4 Å². The molecule has 2 fully saturated rings. The molecule has 2 aliphatic rings. The first-order valence-electron chi connectivity index (χ1n) is 13.6. The second-order valence-electron chi connectivity index (χ2n) is 11.3. The molecule has 1 atom stereocenters. The number of benzene rings is 1. The molecule has 1 aliphatic heterocycles. The monoisotopic (exact) mass is 575 g/mol. The van der Waals surface area contributed by atoms with Crippen LogP contribution in [0.2, 0.25) is 5.02 Å². The van der Waals surface area contributed by atoms with Gasteiger partial charge in [0, 0.05) is 37.8 Å². The molecule has 0 spiro atoms. The molecule has 10 heteroatoms. The van der Waals surface area contributed by atoms with Crippen LogP contribution in [-0.4, -0.2) is 53.2 Å². The summed E-state index contributed by atoms with van der Waals surface area (Å²) in [5.74, 6) is 2.21. The molecule has 1 aromatic carbocycles. The molecule has 1 aromatic heterocycles. The van der Waals surface area contributed by atoms with Crippen LogP contribution in [0.5, 0.6) is 16.7 Å². The van der Waals surface area contributed by atoms with Gasteiger partial charge in [0.2, 0.25) is 5.91 Å². The number of amides is 2. The number of halogens is 1. The second-order valence-corrected chi connectivity index (χ2v) is 12.7. The van der Waals surface area contributed by atoms with E-state index in [0.717, 1.165) is 30.1 Å². The number of aromatic nitrogens is 1. The lowest BCUT2D eigenvalue weighted by molar-refractivity contribution is -0.122. The highest BCUT2D eigenvalue weighted by Crippen LogP contribution is 2.35. The van der Waals surface area contributed by atoms with Crippen molar-refractivity contribution >= 4 is 41.0 Å². The van der Waals surface area contributed by atoms with Crippen molar-refractivity contribution in [3.8, 4) is 16.7 Å². The van der Waals surface area contributed by atoms with Crippen molar-refractivity contribution in [2.45, 2.75) is 71.4 Å². The molecule has 2 amide bonds. The zero-order chi connectivity index (χ0) is 28.0. The van der Waals surface area contributed by atoms with Crippen molar-refractivity contribution < 1.29 is 23.8 Å². The number of ether oxygens (including phenoxy) is 3. The Morgan fingerprint density at radius 2 is 1.95 bits per heavy atom. The number of thiazole rings is 1. The summed E-state index contributed by atoms with van der Waals surface area (Å²) in [6.07, 6.45) is 9.80. The number of nitrogens with one attached hydrogen (secondary N) is 1. The summed E-state index contributed by atoms with van der Waals surface area (Å²) in [4.78, 5) is 31.8. The number of piperidine rings is 1. The van der Waals surface area contributed by atoms with Crippen molar-refractivity contribution in [1.82, 2.24) is 15.2 Å². The van der Waals surface area contributed by atoms with Gasteiger partial charge in [0.1, 0.15) is 17.1 Å². The highest BCUT2D eigenvalue weighted by molar-refractivity contribution is 7.14. The third-order valence-corrected chi connectivity index (χ3v) is 7.60. The molecule has 39 heavy (non-hydrogen) atoms. The number of likely N-dealkylation sites (tertiary alicyclic amines) is 1. The molecule has 0 unspecified atom stereocenters. The van der Waals surface area contributed by atoms with Gasteiger partial charge in [-0.25, -0.2) is 9.78 Å². The summed E-state index contributed by atoms with van der Waals surface area (Å²) in [6, 6.07) is 5.28. The van der Waals surface area contributed by atoms with Gasteiger partial charge in [-0.05, 0) is 83.4 Å². The number of rotatable bonds is 10. The molecule has 2 heterocycles. The lowest BCUT2D eigenvalue weighted by atomic mass is 9.93. The summed E-state index contributed by atoms with van der Waals surface area (Å²) in [7, 11) is 0. The summed E-state index contributed by atoms with van der Waals surface area (Å²) >= 11 is 7.77. The molecular formula is C29H38ClN3O5S. The molecule has 1 saturated carbocycles. The first-order valence-corrected chi connectivity index (χ1v) is 14.7. The van der Waals surface area contributed by atoms with Gasteiger partial charge in [-0.1, -0.05) is 29.0 Å². The number of nitrogens with zero attached hydrogens (tertiary/aromatic N) is 2. The summed E-state index contributed by atoms with van der Waals surface area (Å²) in [6.45, 7) is 9.48. The topological polar surface area (TPSA) is 90.0 Å². The van der Waals surface area contributed by atoms with Gasteiger partial charge in [-0.15, -0.1) is 0 Å². The van der Waals surface area contributed by atoms with Gasteiger partial charge >= 0.3 is 6.09 Å². The fourth-order valence-corrected chi connectivity index (χ4v) is 5.05. The third-order valence-electron chi connectivity index (χ3n) is 6.46. The molecule has 212 valence electrons. The Bertz CT molecular complexity index is 1170. The fraction of sp³-hybridized carbons (Fsp3) is 0.552. The Labute approximate surface area is 239 Å². The van der Waals surface area contributed by atoms with Crippen molar-refractivity contribution in [1.29, 1.82) is 0 Å². The van der Waals surface area contributed by atoms with E-state index in [1.807, 2.05) is 45.9 Å². The Balaban J connectivity index is 1.18. The fourth-order valence-electron chi connectivity index (χ4n) is 4.15. The SMILES string of the molecule is C[C@@H](/C=C/c1cnc(Oc2ccc(OCC3CC3)cc2Cl)s1)NC(=O)CC1CCN(C(=O)OC(C)(C)C)CC1. The Morgan fingerprint density at radius 1 is 1.21 bits per heavy atom. The van der Waals surface area contributed by atoms with E-state index in [1.165, 1.54) is 24.2 Å². The standard InChI is InChI=1S/C29H38ClN3O5S/c1-19(32-26(34)15-20-11-13-33(14-12-20)28(35)38-29(2,3)4)5-9-23-17-31-27(39-23)37-25-10-8-22(16-24(25)30)36-18-21-6-7-21/h5,8-10,16-17,19-21H,6-7,11-15,18H2,1-4H3,(H,32,34)/b9-5+/t19-/m0/s1. The summed E-state index contributed by atoms with van der Waals surface area (Å²) in [5.41, 5.74) is -0.504. The molecule has 1 aliphatic carbocycles. The number of carbonyl (C=O) groups is 2. The van der Waals surface area contributed by atoms with Gasteiger partial charge in [-0.2, -0.15) is 0 Å². The van der Waals surface area contributed by atoms with Gasteiger partial charge in [0.05, 0.1) is 16.5 Å². The molecule has 2 aromatic rings. The van der Waals surface area contributed by atoms with E-state index >= 15 is 0 Å². The Morgan fingerprint density at radius 3 is 2.62 bits per heavy atom. The highest BCUT2D eigenvalue weighted by atomic mass is 35.5. The Kier molecular flexibility index (Phi) is 9.77. The highest BCUT2D eigenvalue weighted by Gasteiger charge is 2.28. The maximum Gasteiger partial charge on any atom is 0.410 e. The first-order chi connectivity index (χ1) is 18.5. The molecule has 1 N–H and O–H groups in total. The van der Waals surface area contributed by atoms with Crippen molar-refractivity contribution in [2.75, 3.05) is 19.7 Å². The summed E-state index contributed by atoms with van der Waals surface area (Å²) < 4.78 is 17.1. The van der Waals surface area contributed by atoms with Gasteiger partial charge in [-0.3, -0.25) is 4.79 Å². The van der Waals surface area contributed by atoms with E-state index in [0.29, 0.717) is 41.4 Å². The molecule has 0 bridgehead atoms. The third kappa shape index (κ3) is 9.72. The van der Waals surface area contributed by atoms with Crippen LogP contribution in [-0.2, 0) is 9.53 Å². The minimum absolute atomic E-state index is 0.00962. The average Bonchev–Trinajstić information content (AvgIpc) is 3.59. The van der Waals surface area contributed by atoms with Crippen LogP contribution in [0.1, 0.15) is 64.7 Å². The van der Waals surface area contributed by atoms with Crippen LogP contribution in [0, 0.1) is 11.8 Å². The van der Waals surface area contributed by atoms with E-state index in [2.05, 4.69) is 10.3 Å². The van der Waals surface area contributed by atoms with Crippen molar-refractivity contribution in [2.24, 2.45) is 11.8 Å². The minimum atomic E-state index is -0.504. The summed E-state index contributed by atoms with van der Waals surface area (Å²) in [5, 5.41) is 3.99. The van der Waals surface area contributed by atoms with E-state index in [1.54, 1.807) is 23.2 Å².